The third-order valence-electron chi connectivity index (χ3n) is 1.47. The van der Waals surface area contributed by atoms with E-state index in [2.05, 4.69) is 31.1 Å². The van der Waals surface area contributed by atoms with Crippen LogP contribution < -0.4 is 10.1 Å². The summed E-state index contributed by atoms with van der Waals surface area (Å²) in [5, 5.41) is 3.31. The van der Waals surface area contributed by atoms with Crippen molar-refractivity contribution in [1.29, 1.82) is 0 Å². The quantitative estimate of drug-likeness (QED) is 0.758. The van der Waals surface area contributed by atoms with Crippen LogP contribution in [0.15, 0.2) is 18.3 Å². The number of aromatic nitrogens is 1. The number of pyridine rings is 1. The van der Waals surface area contributed by atoms with E-state index < -0.39 is 0 Å². The fourth-order valence-corrected chi connectivity index (χ4v) is 1.05. The minimum absolute atomic E-state index is 0.0241. The summed E-state index contributed by atoms with van der Waals surface area (Å²) < 4.78 is 5.12. The predicted octanol–water partition coefficient (Wildman–Crippen LogP) is 2.30. The standard InChI is InChI=1S/C10H16N2O/c1-10(2,3)12-8-6-5-7-11-9(8)13-4/h5-7,12H,1-4H3. The van der Waals surface area contributed by atoms with Crippen molar-refractivity contribution in [3.05, 3.63) is 18.3 Å². The Morgan fingerprint density at radius 3 is 2.62 bits per heavy atom. The van der Waals surface area contributed by atoms with Crippen molar-refractivity contribution in [3.63, 3.8) is 0 Å². The van der Waals surface area contributed by atoms with Gasteiger partial charge in [-0.15, -0.1) is 0 Å². The molecule has 0 saturated heterocycles. The van der Waals surface area contributed by atoms with Crippen LogP contribution in [0.4, 0.5) is 5.69 Å². The van der Waals surface area contributed by atoms with E-state index >= 15 is 0 Å². The molecule has 0 aromatic carbocycles. The summed E-state index contributed by atoms with van der Waals surface area (Å²) in [6.07, 6.45) is 1.71. The van der Waals surface area contributed by atoms with E-state index in [1.807, 2.05) is 12.1 Å². The van der Waals surface area contributed by atoms with Gasteiger partial charge in [-0.25, -0.2) is 4.98 Å². The molecule has 0 fully saturated rings. The Morgan fingerprint density at radius 1 is 1.38 bits per heavy atom. The molecule has 0 radical (unpaired) electrons. The van der Waals surface area contributed by atoms with Crippen molar-refractivity contribution in [2.24, 2.45) is 0 Å². The van der Waals surface area contributed by atoms with Crippen LogP contribution in [0.5, 0.6) is 5.88 Å². The smallest absolute Gasteiger partial charge is 0.237 e. The van der Waals surface area contributed by atoms with Crippen LogP contribution in [0.2, 0.25) is 0 Å². The lowest BCUT2D eigenvalue weighted by Gasteiger charge is -2.22. The fraction of sp³-hybridized carbons (Fsp3) is 0.500. The summed E-state index contributed by atoms with van der Waals surface area (Å²) in [5.41, 5.74) is 0.952. The van der Waals surface area contributed by atoms with Gasteiger partial charge in [0.15, 0.2) is 0 Å². The first-order chi connectivity index (χ1) is 6.03. The van der Waals surface area contributed by atoms with Crippen molar-refractivity contribution in [2.45, 2.75) is 26.3 Å². The molecule has 72 valence electrons. The Kier molecular flexibility index (Phi) is 2.76. The van der Waals surface area contributed by atoms with Crippen LogP contribution in [-0.4, -0.2) is 17.6 Å². The fourth-order valence-electron chi connectivity index (χ4n) is 1.05. The van der Waals surface area contributed by atoms with Crippen LogP contribution >= 0.6 is 0 Å². The zero-order valence-corrected chi connectivity index (χ0v) is 8.59. The molecule has 1 rings (SSSR count). The largest absolute Gasteiger partial charge is 0.480 e. The van der Waals surface area contributed by atoms with Crippen LogP contribution in [-0.2, 0) is 0 Å². The van der Waals surface area contributed by atoms with Crippen molar-refractivity contribution in [1.82, 2.24) is 4.98 Å². The van der Waals surface area contributed by atoms with Gasteiger partial charge in [-0.05, 0) is 32.9 Å². The third-order valence-corrected chi connectivity index (χ3v) is 1.47. The van der Waals surface area contributed by atoms with Crippen molar-refractivity contribution >= 4 is 5.69 Å². The monoisotopic (exact) mass is 180 g/mol. The second kappa shape index (κ2) is 3.64. The van der Waals surface area contributed by atoms with E-state index in [0.29, 0.717) is 5.88 Å². The lowest BCUT2D eigenvalue weighted by Crippen LogP contribution is -2.26. The van der Waals surface area contributed by atoms with Gasteiger partial charge < -0.3 is 10.1 Å². The lowest BCUT2D eigenvalue weighted by molar-refractivity contribution is 0.398. The van der Waals surface area contributed by atoms with Crippen LogP contribution in [0.25, 0.3) is 0 Å². The number of anilines is 1. The highest BCUT2D eigenvalue weighted by molar-refractivity contribution is 5.53. The molecule has 1 aromatic heterocycles. The summed E-state index contributed by atoms with van der Waals surface area (Å²) in [6, 6.07) is 3.84. The highest BCUT2D eigenvalue weighted by Crippen LogP contribution is 2.23. The Labute approximate surface area is 79.1 Å². The maximum absolute atomic E-state index is 5.12. The molecule has 0 aliphatic heterocycles. The van der Waals surface area contributed by atoms with Crippen molar-refractivity contribution in [2.75, 3.05) is 12.4 Å². The van der Waals surface area contributed by atoms with E-state index in [1.54, 1.807) is 13.3 Å². The number of hydrogen-bond acceptors (Lipinski definition) is 3. The molecule has 0 saturated carbocycles. The zero-order valence-electron chi connectivity index (χ0n) is 8.59. The molecule has 0 atom stereocenters. The number of rotatable bonds is 2. The van der Waals surface area contributed by atoms with Crippen LogP contribution in [0.3, 0.4) is 0 Å². The van der Waals surface area contributed by atoms with Gasteiger partial charge in [0.1, 0.15) is 0 Å². The Hall–Kier alpha value is -1.25. The lowest BCUT2D eigenvalue weighted by atomic mass is 10.1. The molecular weight excluding hydrogens is 164 g/mol. The van der Waals surface area contributed by atoms with Gasteiger partial charge in [0.05, 0.1) is 12.8 Å². The van der Waals surface area contributed by atoms with Crippen LogP contribution in [0, 0.1) is 0 Å². The second-order valence-corrected chi connectivity index (χ2v) is 3.94. The molecule has 0 amide bonds. The number of nitrogens with one attached hydrogen (secondary N) is 1. The molecule has 0 aliphatic rings. The SMILES string of the molecule is COc1ncccc1NC(C)(C)C. The normalized spacial score (nSPS) is 11.1. The first kappa shape index (κ1) is 9.84. The minimum Gasteiger partial charge on any atom is -0.480 e. The highest BCUT2D eigenvalue weighted by atomic mass is 16.5. The first-order valence-corrected chi connectivity index (χ1v) is 4.30. The molecule has 0 bridgehead atoms. The predicted molar refractivity (Wildman–Crippen MR) is 54.2 cm³/mol. The van der Waals surface area contributed by atoms with E-state index in [4.69, 9.17) is 4.74 Å². The molecule has 1 N–H and O–H groups in total. The minimum atomic E-state index is 0.0241. The van der Waals surface area contributed by atoms with Gasteiger partial charge in [0.2, 0.25) is 5.88 Å². The van der Waals surface area contributed by atoms with Crippen molar-refractivity contribution in [3.8, 4) is 5.88 Å². The van der Waals surface area contributed by atoms with Gasteiger partial charge >= 0.3 is 0 Å². The summed E-state index contributed by atoms with van der Waals surface area (Å²) in [7, 11) is 1.62. The Morgan fingerprint density at radius 2 is 2.08 bits per heavy atom. The highest BCUT2D eigenvalue weighted by Gasteiger charge is 2.12. The molecule has 0 spiro atoms. The summed E-state index contributed by atoms with van der Waals surface area (Å²) in [5.74, 6) is 0.637. The molecule has 1 heterocycles. The Bertz CT molecular complexity index is 278. The topological polar surface area (TPSA) is 34.1 Å². The maximum Gasteiger partial charge on any atom is 0.237 e. The number of methoxy groups -OCH3 is 1. The third kappa shape index (κ3) is 2.93. The van der Waals surface area contributed by atoms with Gasteiger partial charge in [0.25, 0.3) is 0 Å². The van der Waals surface area contributed by atoms with E-state index in [0.717, 1.165) is 5.69 Å². The molecular formula is C10H16N2O. The van der Waals surface area contributed by atoms with Gasteiger partial charge in [-0.1, -0.05) is 0 Å². The van der Waals surface area contributed by atoms with E-state index in [-0.39, 0.29) is 5.54 Å². The van der Waals surface area contributed by atoms with Gasteiger partial charge in [-0.2, -0.15) is 0 Å². The van der Waals surface area contributed by atoms with Crippen molar-refractivity contribution < 1.29 is 4.74 Å². The molecule has 0 unspecified atom stereocenters. The van der Waals surface area contributed by atoms with Gasteiger partial charge in [-0.3, -0.25) is 0 Å². The van der Waals surface area contributed by atoms with Crippen LogP contribution in [0.1, 0.15) is 20.8 Å². The number of nitrogens with zero attached hydrogens (tertiary/aromatic N) is 1. The molecule has 13 heavy (non-hydrogen) atoms. The summed E-state index contributed by atoms with van der Waals surface area (Å²) in [6.45, 7) is 6.29. The van der Waals surface area contributed by atoms with E-state index in [1.165, 1.54) is 0 Å². The summed E-state index contributed by atoms with van der Waals surface area (Å²) >= 11 is 0. The Balaban J connectivity index is 2.87. The van der Waals surface area contributed by atoms with Gasteiger partial charge in [0, 0.05) is 11.7 Å². The second-order valence-electron chi connectivity index (χ2n) is 3.94. The summed E-state index contributed by atoms with van der Waals surface area (Å²) in [4.78, 5) is 4.10. The zero-order chi connectivity index (χ0) is 9.90. The molecule has 0 aliphatic carbocycles. The van der Waals surface area contributed by atoms with E-state index in [9.17, 15) is 0 Å². The maximum atomic E-state index is 5.12. The molecule has 3 nitrogen and oxygen atoms in total. The first-order valence-electron chi connectivity index (χ1n) is 4.30. The molecule has 1 aromatic rings. The number of ether oxygens (including phenoxy) is 1. The number of hydrogen-bond donors (Lipinski definition) is 1. The molecule has 3 heteroatoms. The average Bonchev–Trinajstić information content (AvgIpc) is 2.02. The average molecular weight is 180 g/mol.